The number of carbonyl (C=O) groups is 1. The van der Waals surface area contributed by atoms with E-state index in [1.807, 2.05) is 18.7 Å². The molecule has 1 atom stereocenters. The molecule has 1 unspecified atom stereocenters. The van der Waals surface area contributed by atoms with Gasteiger partial charge in [0.15, 0.2) is 5.13 Å². The molecule has 1 aromatic heterocycles. The van der Waals surface area contributed by atoms with Crippen molar-refractivity contribution >= 4 is 22.4 Å². The first kappa shape index (κ1) is 13.7. The van der Waals surface area contributed by atoms with Crippen molar-refractivity contribution in [2.75, 3.05) is 18.0 Å². The van der Waals surface area contributed by atoms with E-state index in [2.05, 4.69) is 11.6 Å². The number of aryl methyl sites for hydroxylation is 2. The number of anilines is 1. The highest BCUT2D eigenvalue weighted by Gasteiger charge is 2.18. The van der Waals surface area contributed by atoms with Gasteiger partial charge in [-0.05, 0) is 13.8 Å². The minimum Gasteiger partial charge on any atom is -0.481 e. The monoisotopic (exact) mass is 254 g/mol. The number of aromatic nitrogens is 1. The topological polar surface area (TPSA) is 53.4 Å². The van der Waals surface area contributed by atoms with Crippen molar-refractivity contribution in [3.05, 3.63) is 23.2 Å². The van der Waals surface area contributed by atoms with Crippen molar-refractivity contribution in [1.29, 1.82) is 0 Å². The number of hydrogen-bond donors (Lipinski definition) is 1. The summed E-state index contributed by atoms with van der Waals surface area (Å²) in [7, 11) is 0. The van der Waals surface area contributed by atoms with Crippen LogP contribution < -0.4 is 4.90 Å². The second-order valence-electron chi connectivity index (χ2n) is 4.07. The summed E-state index contributed by atoms with van der Waals surface area (Å²) < 4.78 is 0. The lowest BCUT2D eigenvalue weighted by atomic mass is 10.2. The molecule has 1 N–H and O–H groups in total. The van der Waals surface area contributed by atoms with E-state index in [4.69, 9.17) is 5.11 Å². The minimum absolute atomic E-state index is 0.417. The molecule has 0 aliphatic rings. The van der Waals surface area contributed by atoms with Crippen molar-refractivity contribution in [2.45, 2.75) is 20.8 Å². The Kier molecular flexibility index (Phi) is 4.69. The van der Waals surface area contributed by atoms with Gasteiger partial charge in [-0.3, -0.25) is 4.79 Å². The fraction of sp³-hybridized carbons (Fsp3) is 0.500. The molecular weight excluding hydrogens is 236 g/mol. The Morgan fingerprint density at radius 2 is 2.29 bits per heavy atom. The Morgan fingerprint density at radius 1 is 1.65 bits per heavy atom. The normalized spacial score (nSPS) is 12.2. The lowest BCUT2D eigenvalue weighted by molar-refractivity contribution is -0.140. The van der Waals surface area contributed by atoms with E-state index in [9.17, 15) is 4.79 Å². The summed E-state index contributed by atoms with van der Waals surface area (Å²) in [5.74, 6) is -1.21. The average Bonchev–Trinajstić information content (AvgIpc) is 2.58. The Morgan fingerprint density at radius 3 is 2.71 bits per heavy atom. The molecule has 0 radical (unpaired) electrons. The zero-order valence-electron chi connectivity index (χ0n) is 10.4. The second kappa shape index (κ2) is 5.82. The maximum Gasteiger partial charge on any atom is 0.308 e. The number of rotatable bonds is 6. The van der Waals surface area contributed by atoms with Crippen LogP contribution in [-0.4, -0.2) is 29.1 Å². The van der Waals surface area contributed by atoms with E-state index < -0.39 is 11.9 Å². The van der Waals surface area contributed by atoms with Gasteiger partial charge < -0.3 is 10.0 Å². The molecular formula is C12H18N2O2S. The minimum atomic E-state index is -0.788. The van der Waals surface area contributed by atoms with Crippen LogP contribution in [0.25, 0.3) is 0 Å². The molecule has 0 spiro atoms. The van der Waals surface area contributed by atoms with Crippen LogP contribution >= 0.6 is 11.3 Å². The van der Waals surface area contributed by atoms with E-state index in [1.54, 1.807) is 24.3 Å². The van der Waals surface area contributed by atoms with Gasteiger partial charge in [0.25, 0.3) is 0 Å². The molecule has 0 aromatic carbocycles. The van der Waals surface area contributed by atoms with Crippen LogP contribution in [-0.2, 0) is 4.79 Å². The number of aliphatic carboxylic acids is 1. The largest absolute Gasteiger partial charge is 0.481 e. The maximum atomic E-state index is 10.9. The molecule has 4 nitrogen and oxygen atoms in total. The van der Waals surface area contributed by atoms with Crippen LogP contribution in [0.15, 0.2) is 12.7 Å². The predicted molar refractivity (Wildman–Crippen MR) is 70.8 cm³/mol. The Balaban J connectivity index is 2.85. The zero-order chi connectivity index (χ0) is 13.0. The Labute approximate surface area is 106 Å². The lowest BCUT2D eigenvalue weighted by Crippen LogP contribution is -2.31. The van der Waals surface area contributed by atoms with Gasteiger partial charge in [0.2, 0.25) is 0 Å². The van der Waals surface area contributed by atoms with Gasteiger partial charge in [-0.25, -0.2) is 4.98 Å². The molecule has 0 fully saturated rings. The molecule has 0 amide bonds. The first-order valence-corrected chi connectivity index (χ1v) is 6.30. The molecule has 0 aliphatic heterocycles. The van der Waals surface area contributed by atoms with Gasteiger partial charge in [-0.1, -0.05) is 13.0 Å². The summed E-state index contributed by atoms with van der Waals surface area (Å²) in [4.78, 5) is 18.4. The van der Waals surface area contributed by atoms with Crippen molar-refractivity contribution in [1.82, 2.24) is 4.98 Å². The van der Waals surface area contributed by atoms with Gasteiger partial charge in [-0.15, -0.1) is 17.9 Å². The second-order valence-corrected chi connectivity index (χ2v) is 5.25. The van der Waals surface area contributed by atoms with E-state index >= 15 is 0 Å². The molecule has 0 saturated heterocycles. The van der Waals surface area contributed by atoms with E-state index in [1.165, 1.54) is 0 Å². The number of thiazole rings is 1. The number of carboxylic acid groups (broad SMARTS) is 1. The smallest absolute Gasteiger partial charge is 0.308 e. The fourth-order valence-corrected chi connectivity index (χ4v) is 2.31. The molecule has 1 aromatic rings. The highest BCUT2D eigenvalue weighted by atomic mass is 32.1. The van der Waals surface area contributed by atoms with E-state index in [0.29, 0.717) is 13.1 Å². The van der Waals surface area contributed by atoms with Gasteiger partial charge in [0, 0.05) is 18.0 Å². The Hall–Kier alpha value is -1.36. The standard InChI is InChI=1S/C12H18N2O2S/c1-5-6-14(7-8(2)11(15)16)12-13-9(3)10(4)17-12/h5,8H,1,6-7H2,2-4H3,(H,15,16). The third kappa shape index (κ3) is 3.56. The van der Waals surface area contributed by atoms with Crippen LogP contribution in [0.4, 0.5) is 5.13 Å². The highest BCUT2D eigenvalue weighted by Crippen LogP contribution is 2.25. The van der Waals surface area contributed by atoms with Crippen molar-refractivity contribution in [3.63, 3.8) is 0 Å². The molecule has 0 saturated carbocycles. The third-order valence-corrected chi connectivity index (χ3v) is 3.69. The summed E-state index contributed by atoms with van der Waals surface area (Å²) >= 11 is 1.59. The van der Waals surface area contributed by atoms with Gasteiger partial charge in [-0.2, -0.15) is 0 Å². The summed E-state index contributed by atoms with van der Waals surface area (Å²) in [5.41, 5.74) is 1.00. The van der Waals surface area contributed by atoms with E-state index in [-0.39, 0.29) is 0 Å². The quantitative estimate of drug-likeness (QED) is 0.792. The molecule has 0 bridgehead atoms. The number of carboxylic acids is 1. The van der Waals surface area contributed by atoms with Crippen LogP contribution in [0.2, 0.25) is 0 Å². The highest BCUT2D eigenvalue weighted by molar-refractivity contribution is 7.15. The summed E-state index contributed by atoms with van der Waals surface area (Å²) in [6.07, 6.45) is 1.76. The molecule has 5 heteroatoms. The molecule has 1 heterocycles. The number of hydrogen-bond acceptors (Lipinski definition) is 4. The summed E-state index contributed by atoms with van der Waals surface area (Å²) in [6.45, 7) is 10.4. The zero-order valence-corrected chi connectivity index (χ0v) is 11.3. The van der Waals surface area contributed by atoms with E-state index in [0.717, 1.165) is 15.7 Å². The van der Waals surface area contributed by atoms with Crippen LogP contribution in [0, 0.1) is 19.8 Å². The lowest BCUT2D eigenvalue weighted by Gasteiger charge is -2.22. The van der Waals surface area contributed by atoms with Crippen molar-refractivity contribution < 1.29 is 9.90 Å². The SMILES string of the molecule is C=CCN(CC(C)C(=O)O)c1nc(C)c(C)s1. The van der Waals surface area contributed by atoms with Crippen LogP contribution in [0.5, 0.6) is 0 Å². The first-order chi connectivity index (χ1) is 7.95. The van der Waals surface area contributed by atoms with Gasteiger partial charge in [0.1, 0.15) is 0 Å². The third-order valence-electron chi connectivity index (χ3n) is 2.55. The fourth-order valence-electron chi connectivity index (χ4n) is 1.39. The molecule has 1 rings (SSSR count). The predicted octanol–water partition coefficient (Wildman–Crippen LogP) is 2.47. The van der Waals surface area contributed by atoms with Crippen LogP contribution in [0.3, 0.4) is 0 Å². The average molecular weight is 254 g/mol. The maximum absolute atomic E-state index is 10.9. The molecule has 94 valence electrons. The number of nitrogens with zero attached hydrogens (tertiary/aromatic N) is 2. The first-order valence-electron chi connectivity index (χ1n) is 5.48. The van der Waals surface area contributed by atoms with Gasteiger partial charge in [0.05, 0.1) is 11.6 Å². The molecule has 17 heavy (non-hydrogen) atoms. The Bertz CT molecular complexity index is 395. The van der Waals surface area contributed by atoms with Crippen molar-refractivity contribution in [2.24, 2.45) is 5.92 Å². The molecule has 0 aliphatic carbocycles. The summed E-state index contributed by atoms with van der Waals surface area (Å²) in [5, 5.41) is 9.80. The van der Waals surface area contributed by atoms with Crippen LogP contribution in [0.1, 0.15) is 17.5 Å². The van der Waals surface area contributed by atoms with Gasteiger partial charge >= 0.3 is 5.97 Å². The van der Waals surface area contributed by atoms with Crippen molar-refractivity contribution in [3.8, 4) is 0 Å². The summed E-state index contributed by atoms with van der Waals surface area (Å²) in [6, 6.07) is 0.